The monoisotopic (exact) mass is 373 g/mol. The average molecular weight is 373 g/mol. The van der Waals surface area contributed by atoms with E-state index < -0.39 is 0 Å². The number of amides is 1. The van der Waals surface area contributed by atoms with E-state index in [4.69, 9.17) is 21.7 Å². The zero-order valence-electron chi connectivity index (χ0n) is 15.3. The normalized spacial score (nSPS) is 10.2. The molecule has 1 amide bonds. The SMILES string of the molecule is COc1cc(C(=O)NNC(=S)Nc2ccc(C)cc2)ccc1OC(C)C. The number of carbonyl (C=O) groups excluding carboxylic acids is 1. The van der Waals surface area contributed by atoms with Crippen LogP contribution in [-0.4, -0.2) is 24.2 Å². The van der Waals surface area contributed by atoms with Crippen LogP contribution in [0.25, 0.3) is 0 Å². The van der Waals surface area contributed by atoms with E-state index in [0.717, 1.165) is 11.3 Å². The molecule has 0 aliphatic rings. The van der Waals surface area contributed by atoms with Crippen LogP contribution in [0.2, 0.25) is 0 Å². The second kappa shape index (κ2) is 9.05. The molecule has 138 valence electrons. The van der Waals surface area contributed by atoms with E-state index in [1.807, 2.05) is 45.0 Å². The summed E-state index contributed by atoms with van der Waals surface area (Å²) in [5.74, 6) is 0.739. The lowest BCUT2D eigenvalue weighted by molar-refractivity contribution is 0.0943. The van der Waals surface area contributed by atoms with Gasteiger partial charge in [0, 0.05) is 11.3 Å². The Morgan fingerprint density at radius 1 is 1.04 bits per heavy atom. The molecule has 7 heteroatoms. The second-order valence-electron chi connectivity index (χ2n) is 5.93. The average Bonchev–Trinajstić information content (AvgIpc) is 2.61. The first-order chi connectivity index (χ1) is 12.4. The smallest absolute Gasteiger partial charge is 0.269 e. The Morgan fingerprint density at radius 2 is 1.73 bits per heavy atom. The van der Waals surface area contributed by atoms with Crippen LogP contribution in [0.4, 0.5) is 5.69 Å². The summed E-state index contributed by atoms with van der Waals surface area (Å²) >= 11 is 5.17. The number of thiocarbonyl (C=S) groups is 1. The van der Waals surface area contributed by atoms with Crippen LogP contribution >= 0.6 is 12.2 Å². The maximum absolute atomic E-state index is 12.3. The molecule has 0 saturated carbocycles. The summed E-state index contributed by atoms with van der Waals surface area (Å²) in [6.07, 6.45) is 0.00969. The van der Waals surface area contributed by atoms with Gasteiger partial charge in [-0.3, -0.25) is 15.6 Å². The van der Waals surface area contributed by atoms with Gasteiger partial charge in [0.05, 0.1) is 13.2 Å². The molecule has 0 spiro atoms. The van der Waals surface area contributed by atoms with Crippen molar-refractivity contribution in [3.8, 4) is 11.5 Å². The number of hydrogen-bond donors (Lipinski definition) is 3. The van der Waals surface area contributed by atoms with Crippen molar-refractivity contribution in [2.24, 2.45) is 0 Å². The Labute approximate surface area is 158 Å². The van der Waals surface area contributed by atoms with E-state index in [-0.39, 0.29) is 17.1 Å². The van der Waals surface area contributed by atoms with Gasteiger partial charge >= 0.3 is 0 Å². The fourth-order valence-corrected chi connectivity index (χ4v) is 2.31. The van der Waals surface area contributed by atoms with Crippen LogP contribution in [0.15, 0.2) is 42.5 Å². The van der Waals surface area contributed by atoms with Crippen molar-refractivity contribution < 1.29 is 14.3 Å². The van der Waals surface area contributed by atoms with Crippen LogP contribution < -0.4 is 25.6 Å². The van der Waals surface area contributed by atoms with Crippen LogP contribution in [0.3, 0.4) is 0 Å². The minimum atomic E-state index is -0.340. The molecule has 3 N–H and O–H groups in total. The van der Waals surface area contributed by atoms with E-state index in [2.05, 4.69) is 16.2 Å². The quantitative estimate of drug-likeness (QED) is 0.551. The van der Waals surface area contributed by atoms with Gasteiger partial charge < -0.3 is 14.8 Å². The second-order valence-corrected chi connectivity index (χ2v) is 6.34. The Morgan fingerprint density at radius 3 is 2.35 bits per heavy atom. The zero-order valence-corrected chi connectivity index (χ0v) is 16.1. The first kappa shape index (κ1) is 19.5. The summed E-state index contributed by atoms with van der Waals surface area (Å²) in [4.78, 5) is 12.3. The molecule has 0 aliphatic carbocycles. The minimum absolute atomic E-state index is 0.00969. The van der Waals surface area contributed by atoms with Crippen LogP contribution in [-0.2, 0) is 0 Å². The number of hydrazine groups is 1. The lowest BCUT2D eigenvalue weighted by Gasteiger charge is -2.15. The maximum atomic E-state index is 12.3. The molecule has 0 heterocycles. The highest BCUT2D eigenvalue weighted by Gasteiger charge is 2.12. The number of rotatable bonds is 5. The summed E-state index contributed by atoms with van der Waals surface area (Å²) in [5, 5.41) is 3.28. The molecule has 0 radical (unpaired) electrons. The summed E-state index contributed by atoms with van der Waals surface area (Å²) in [5.41, 5.74) is 7.64. The molecule has 2 aromatic carbocycles. The first-order valence-electron chi connectivity index (χ1n) is 8.17. The molecular formula is C19H23N3O3S. The number of anilines is 1. The van der Waals surface area contributed by atoms with Gasteiger partial charge in [-0.25, -0.2) is 0 Å². The van der Waals surface area contributed by atoms with E-state index in [1.54, 1.807) is 18.2 Å². The van der Waals surface area contributed by atoms with Gasteiger partial charge in [-0.1, -0.05) is 17.7 Å². The van der Waals surface area contributed by atoms with Gasteiger partial charge in [0.15, 0.2) is 16.6 Å². The number of nitrogens with one attached hydrogen (secondary N) is 3. The number of aryl methyl sites for hydroxylation is 1. The molecule has 6 nitrogen and oxygen atoms in total. The van der Waals surface area contributed by atoms with Crippen molar-refractivity contribution in [3.63, 3.8) is 0 Å². The van der Waals surface area contributed by atoms with Gasteiger partial charge in [0.2, 0.25) is 0 Å². The van der Waals surface area contributed by atoms with Crippen LogP contribution in [0, 0.1) is 6.92 Å². The van der Waals surface area contributed by atoms with Crippen molar-refractivity contribution in [1.82, 2.24) is 10.9 Å². The highest BCUT2D eigenvalue weighted by molar-refractivity contribution is 7.80. The van der Waals surface area contributed by atoms with Crippen molar-refractivity contribution in [2.45, 2.75) is 26.9 Å². The number of methoxy groups -OCH3 is 1. The van der Waals surface area contributed by atoms with E-state index >= 15 is 0 Å². The van der Waals surface area contributed by atoms with Crippen LogP contribution in [0.1, 0.15) is 29.8 Å². The number of ether oxygens (including phenoxy) is 2. The lowest BCUT2D eigenvalue weighted by Crippen LogP contribution is -2.43. The topological polar surface area (TPSA) is 71.6 Å². The molecule has 0 aliphatic heterocycles. The first-order valence-corrected chi connectivity index (χ1v) is 8.58. The van der Waals surface area contributed by atoms with Gasteiger partial charge in [0.25, 0.3) is 5.91 Å². The predicted octanol–water partition coefficient (Wildman–Crippen LogP) is 3.42. The van der Waals surface area contributed by atoms with Crippen molar-refractivity contribution in [3.05, 3.63) is 53.6 Å². The number of benzene rings is 2. The Bertz CT molecular complexity index is 776. The molecule has 2 rings (SSSR count). The molecule has 26 heavy (non-hydrogen) atoms. The fourth-order valence-electron chi connectivity index (χ4n) is 2.15. The predicted molar refractivity (Wildman–Crippen MR) is 107 cm³/mol. The summed E-state index contributed by atoms with van der Waals surface area (Å²) in [7, 11) is 1.53. The Balaban J connectivity index is 1.94. The van der Waals surface area contributed by atoms with Gasteiger partial charge in [0.1, 0.15) is 0 Å². The summed E-state index contributed by atoms with van der Waals surface area (Å²) < 4.78 is 10.9. The highest BCUT2D eigenvalue weighted by atomic mass is 32.1. The third-order valence-electron chi connectivity index (χ3n) is 3.39. The molecule has 0 saturated heterocycles. The van der Waals surface area contributed by atoms with E-state index in [9.17, 15) is 4.79 Å². The van der Waals surface area contributed by atoms with Gasteiger partial charge in [-0.15, -0.1) is 0 Å². The van der Waals surface area contributed by atoms with E-state index in [1.165, 1.54) is 7.11 Å². The molecular weight excluding hydrogens is 350 g/mol. The maximum Gasteiger partial charge on any atom is 0.269 e. The lowest BCUT2D eigenvalue weighted by atomic mass is 10.2. The van der Waals surface area contributed by atoms with Crippen molar-refractivity contribution in [2.75, 3.05) is 12.4 Å². The number of carbonyl (C=O) groups is 1. The fraction of sp³-hybridized carbons (Fsp3) is 0.263. The van der Waals surface area contributed by atoms with Crippen molar-refractivity contribution >= 4 is 28.9 Å². The zero-order chi connectivity index (χ0) is 19.1. The number of hydrogen-bond acceptors (Lipinski definition) is 4. The largest absolute Gasteiger partial charge is 0.493 e. The summed E-state index contributed by atoms with van der Waals surface area (Å²) in [6.45, 7) is 5.85. The van der Waals surface area contributed by atoms with Gasteiger partial charge in [-0.2, -0.15) is 0 Å². The molecule has 0 fully saturated rings. The minimum Gasteiger partial charge on any atom is -0.493 e. The van der Waals surface area contributed by atoms with Gasteiger partial charge in [-0.05, 0) is 63.3 Å². The molecule has 0 aromatic heterocycles. The third-order valence-corrected chi connectivity index (χ3v) is 3.59. The highest BCUT2D eigenvalue weighted by Crippen LogP contribution is 2.28. The molecule has 0 unspecified atom stereocenters. The Kier molecular flexibility index (Phi) is 6.80. The standard InChI is InChI=1S/C19H23N3O3S/c1-12(2)25-16-10-7-14(11-17(16)24-4)18(23)21-22-19(26)20-15-8-5-13(3)6-9-15/h5-12H,1-4H3,(H,21,23)(H2,20,22,26). The molecule has 0 bridgehead atoms. The summed E-state index contributed by atoms with van der Waals surface area (Å²) in [6, 6.07) is 12.7. The Hall–Kier alpha value is -2.80. The van der Waals surface area contributed by atoms with Crippen LogP contribution in [0.5, 0.6) is 11.5 Å². The molecule has 0 atom stereocenters. The van der Waals surface area contributed by atoms with Crippen molar-refractivity contribution in [1.29, 1.82) is 0 Å². The third kappa shape index (κ3) is 5.63. The van der Waals surface area contributed by atoms with E-state index in [0.29, 0.717) is 17.1 Å². The molecule has 2 aromatic rings.